The molecule has 1 rings (SSSR count). The van der Waals surface area contributed by atoms with Crippen LogP contribution < -0.4 is 0 Å². The molecule has 0 amide bonds. The molecule has 0 saturated heterocycles. The van der Waals surface area contributed by atoms with Gasteiger partial charge in [0.25, 0.3) is 0 Å². The topological polar surface area (TPSA) is 17.1 Å². The molecule has 0 spiro atoms. The standard InChI is InChI=1S/C13H18O/c1-4-6-13(7-5-2)9-11(3)8-12(14)10-13/h4-5,8H,1-2,6-7,9-10H2,3H3. The van der Waals surface area contributed by atoms with Crippen LogP contribution >= 0.6 is 0 Å². The number of allylic oxidation sites excluding steroid dienone is 4. The maximum atomic E-state index is 11.5. The molecule has 0 heterocycles. The zero-order valence-corrected chi connectivity index (χ0v) is 8.88. The Kier molecular flexibility index (Phi) is 3.45. The fourth-order valence-corrected chi connectivity index (χ4v) is 2.38. The van der Waals surface area contributed by atoms with E-state index in [1.165, 1.54) is 5.57 Å². The van der Waals surface area contributed by atoms with Gasteiger partial charge in [-0.15, -0.1) is 13.2 Å². The highest BCUT2D eigenvalue weighted by atomic mass is 16.1. The number of ketones is 1. The molecule has 0 fully saturated rings. The lowest BCUT2D eigenvalue weighted by atomic mass is 9.69. The van der Waals surface area contributed by atoms with Gasteiger partial charge in [0.15, 0.2) is 5.78 Å². The molecule has 0 atom stereocenters. The third-order valence-corrected chi connectivity index (χ3v) is 2.77. The lowest BCUT2D eigenvalue weighted by Gasteiger charge is -2.34. The Balaban J connectivity index is 2.88. The van der Waals surface area contributed by atoms with Crippen molar-refractivity contribution in [2.75, 3.05) is 0 Å². The van der Waals surface area contributed by atoms with Gasteiger partial charge in [0, 0.05) is 6.42 Å². The average Bonchev–Trinajstić information content (AvgIpc) is 2.02. The van der Waals surface area contributed by atoms with Crippen LogP contribution in [0, 0.1) is 5.41 Å². The minimum absolute atomic E-state index is 0.0689. The maximum Gasteiger partial charge on any atom is 0.156 e. The van der Waals surface area contributed by atoms with Crippen molar-refractivity contribution < 1.29 is 4.79 Å². The zero-order valence-electron chi connectivity index (χ0n) is 8.88. The van der Waals surface area contributed by atoms with Crippen molar-refractivity contribution in [3.63, 3.8) is 0 Å². The van der Waals surface area contributed by atoms with E-state index >= 15 is 0 Å². The van der Waals surface area contributed by atoms with Crippen molar-refractivity contribution in [3.8, 4) is 0 Å². The summed E-state index contributed by atoms with van der Waals surface area (Å²) < 4.78 is 0. The summed E-state index contributed by atoms with van der Waals surface area (Å²) in [5, 5.41) is 0. The maximum absolute atomic E-state index is 11.5. The fourth-order valence-electron chi connectivity index (χ4n) is 2.38. The van der Waals surface area contributed by atoms with Crippen molar-refractivity contribution in [2.24, 2.45) is 5.41 Å². The van der Waals surface area contributed by atoms with Crippen molar-refractivity contribution in [1.82, 2.24) is 0 Å². The van der Waals surface area contributed by atoms with Crippen molar-refractivity contribution in [1.29, 1.82) is 0 Å². The van der Waals surface area contributed by atoms with Gasteiger partial charge in [0.05, 0.1) is 0 Å². The summed E-state index contributed by atoms with van der Waals surface area (Å²) in [5.74, 6) is 0.248. The van der Waals surface area contributed by atoms with E-state index in [0.717, 1.165) is 19.3 Å². The van der Waals surface area contributed by atoms with Gasteiger partial charge >= 0.3 is 0 Å². The van der Waals surface area contributed by atoms with E-state index in [9.17, 15) is 4.79 Å². The zero-order chi connectivity index (χ0) is 10.6. The third kappa shape index (κ3) is 2.44. The van der Waals surface area contributed by atoms with Gasteiger partial charge in [0.2, 0.25) is 0 Å². The van der Waals surface area contributed by atoms with Gasteiger partial charge in [-0.2, -0.15) is 0 Å². The SMILES string of the molecule is C=CCC1(CC=C)CC(=O)C=C(C)C1. The van der Waals surface area contributed by atoms with Gasteiger partial charge in [-0.3, -0.25) is 4.79 Å². The summed E-state index contributed by atoms with van der Waals surface area (Å²) in [7, 11) is 0. The average molecular weight is 190 g/mol. The van der Waals surface area contributed by atoms with Crippen LogP contribution in [0.1, 0.15) is 32.6 Å². The van der Waals surface area contributed by atoms with E-state index in [0.29, 0.717) is 6.42 Å². The van der Waals surface area contributed by atoms with Crippen LogP contribution in [0.3, 0.4) is 0 Å². The van der Waals surface area contributed by atoms with Crippen molar-refractivity contribution in [2.45, 2.75) is 32.6 Å². The normalized spacial score (nSPS) is 20.1. The molecule has 14 heavy (non-hydrogen) atoms. The monoisotopic (exact) mass is 190 g/mol. The molecule has 0 bridgehead atoms. The van der Waals surface area contributed by atoms with Crippen LogP contribution in [-0.2, 0) is 4.79 Å². The Morgan fingerprint density at radius 1 is 1.36 bits per heavy atom. The number of hydrogen-bond acceptors (Lipinski definition) is 1. The van der Waals surface area contributed by atoms with Crippen LogP contribution in [0.2, 0.25) is 0 Å². The molecule has 1 heteroatoms. The first-order valence-corrected chi connectivity index (χ1v) is 5.04. The highest BCUT2D eigenvalue weighted by Gasteiger charge is 2.32. The molecule has 0 unspecified atom stereocenters. The molecular weight excluding hydrogens is 172 g/mol. The Morgan fingerprint density at radius 3 is 2.36 bits per heavy atom. The largest absolute Gasteiger partial charge is 0.295 e. The summed E-state index contributed by atoms with van der Waals surface area (Å²) in [5.41, 5.74) is 1.25. The van der Waals surface area contributed by atoms with Gasteiger partial charge in [-0.05, 0) is 37.7 Å². The lowest BCUT2D eigenvalue weighted by molar-refractivity contribution is -0.117. The van der Waals surface area contributed by atoms with Gasteiger partial charge in [-0.25, -0.2) is 0 Å². The minimum atomic E-state index is 0.0689. The predicted molar refractivity (Wildman–Crippen MR) is 60.1 cm³/mol. The summed E-state index contributed by atoms with van der Waals surface area (Å²) >= 11 is 0. The quantitative estimate of drug-likeness (QED) is 0.621. The van der Waals surface area contributed by atoms with Gasteiger partial charge < -0.3 is 0 Å². The second kappa shape index (κ2) is 4.41. The predicted octanol–water partition coefficient (Wildman–Crippen LogP) is 3.43. The number of carbonyl (C=O) groups excluding carboxylic acids is 1. The molecule has 0 saturated carbocycles. The van der Waals surface area contributed by atoms with Gasteiger partial charge in [-0.1, -0.05) is 17.7 Å². The molecule has 0 radical (unpaired) electrons. The first-order chi connectivity index (χ1) is 6.62. The third-order valence-electron chi connectivity index (χ3n) is 2.77. The Bertz CT molecular complexity index is 274. The van der Waals surface area contributed by atoms with Crippen LogP contribution in [0.5, 0.6) is 0 Å². The molecule has 0 aromatic carbocycles. The lowest BCUT2D eigenvalue weighted by Crippen LogP contribution is -2.27. The number of hydrogen-bond donors (Lipinski definition) is 0. The smallest absolute Gasteiger partial charge is 0.156 e. The first-order valence-electron chi connectivity index (χ1n) is 5.04. The van der Waals surface area contributed by atoms with E-state index in [1.807, 2.05) is 19.1 Å². The van der Waals surface area contributed by atoms with E-state index in [1.54, 1.807) is 6.08 Å². The molecule has 1 aliphatic rings. The second-order valence-electron chi connectivity index (χ2n) is 4.30. The highest BCUT2D eigenvalue weighted by Crippen LogP contribution is 2.41. The van der Waals surface area contributed by atoms with Crippen LogP contribution in [0.4, 0.5) is 0 Å². The molecule has 0 aromatic rings. The van der Waals surface area contributed by atoms with Crippen LogP contribution in [0.25, 0.3) is 0 Å². The fraction of sp³-hybridized carbons (Fsp3) is 0.462. The van der Waals surface area contributed by atoms with Gasteiger partial charge in [0.1, 0.15) is 0 Å². The molecule has 76 valence electrons. The molecule has 0 aromatic heterocycles. The Morgan fingerprint density at radius 2 is 1.93 bits per heavy atom. The van der Waals surface area contributed by atoms with Crippen molar-refractivity contribution in [3.05, 3.63) is 37.0 Å². The van der Waals surface area contributed by atoms with Crippen molar-refractivity contribution >= 4 is 5.78 Å². The molecular formula is C13H18O. The molecule has 0 aliphatic heterocycles. The highest BCUT2D eigenvalue weighted by molar-refractivity contribution is 5.91. The summed E-state index contributed by atoms with van der Waals surface area (Å²) in [6.45, 7) is 9.56. The number of carbonyl (C=O) groups is 1. The second-order valence-corrected chi connectivity index (χ2v) is 4.30. The Labute approximate surface area is 86.2 Å². The van der Waals surface area contributed by atoms with E-state index < -0.39 is 0 Å². The summed E-state index contributed by atoms with van der Waals surface area (Å²) in [6, 6.07) is 0. The van der Waals surface area contributed by atoms with E-state index in [-0.39, 0.29) is 11.2 Å². The van der Waals surface area contributed by atoms with Crippen LogP contribution in [0.15, 0.2) is 37.0 Å². The van der Waals surface area contributed by atoms with E-state index in [2.05, 4.69) is 13.2 Å². The van der Waals surface area contributed by atoms with E-state index in [4.69, 9.17) is 0 Å². The van der Waals surface area contributed by atoms with Crippen LogP contribution in [-0.4, -0.2) is 5.78 Å². The molecule has 1 nitrogen and oxygen atoms in total. The molecule has 1 aliphatic carbocycles. The number of rotatable bonds is 4. The minimum Gasteiger partial charge on any atom is -0.295 e. The molecule has 0 N–H and O–H groups in total. The summed E-state index contributed by atoms with van der Waals surface area (Å²) in [6.07, 6.45) is 9.03. The summed E-state index contributed by atoms with van der Waals surface area (Å²) in [4.78, 5) is 11.5. The Hall–Kier alpha value is -1.11. The first kappa shape index (κ1) is 11.0.